The van der Waals surface area contributed by atoms with Gasteiger partial charge in [0.25, 0.3) is 0 Å². The molecule has 4 rings (SSSR count). The van der Waals surface area contributed by atoms with Gasteiger partial charge in [-0.2, -0.15) is 0 Å². The molecule has 1 aliphatic heterocycles. The Bertz CT molecular complexity index is 986. The van der Waals surface area contributed by atoms with Gasteiger partial charge in [0.05, 0.1) is 6.42 Å². The van der Waals surface area contributed by atoms with Gasteiger partial charge in [0.1, 0.15) is 10.7 Å². The molecule has 0 radical (unpaired) electrons. The molecular weight excluding hydrogens is 368 g/mol. The summed E-state index contributed by atoms with van der Waals surface area (Å²) in [5.41, 5.74) is 1.67. The summed E-state index contributed by atoms with van der Waals surface area (Å²) in [4.78, 5) is 14.2. The third-order valence-electron chi connectivity index (χ3n) is 4.92. The molecule has 0 bridgehead atoms. The highest BCUT2D eigenvalue weighted by atomic mass is 32.2. The summed E-state index contributed by atoms with van der Waals surface area (Å²) in [6.07, 6.45) is 0.195. The van der Waals surface area contributed by atoms with E-state index in [1.54, 1.807) is 0 Å². The van der Waals surface area contributed by atoms with Crippen LogP contribution in [0, 0.1) is 6.92 Å². The minimum atomic E-state index is -1.04. The van der Waals surface area contributed by atoms with Gasteiger partial charge in [-0.25, -0.2) is 4.79 Å². The maximum absolute atomic E-state index is 13.0. The van der Waals surface area contributed by atoms with Gasteiger partial charge in [0.15, 0.2) is 5.60 Å². The molecule has 140 valence electrons. The predicted octanol–water partition coefficient (Wildman–Crippen LogP) is 5.75. The highest BCUT2D eigenvalue weighted by Gasteiger charge is 2.45. The Morgan fingerprint density at radius 3 is 1.93 bits per heavy atom. The summed E-state index contributed by atoms with van der Waals surface area (Å²) in [5.74, 6) is -0.457. The summed E-state index contributed by atoms with van der Waals surface area (Å²) < 4.78 is 6.06. The van der Waals surface area contributed by atoms with Crippen molar-refractivity contribution in [2.24, 2.45) is 0 Å². The number of esters is 1. The third kappa shape index (κ3) is 3.32. The molecule has 1 heterocycles. The maximum Gasteiger partial charge on any atom is 0.349 e. The zero-order valence-corrected chi connectivity index (χ0v) is 16.3. The molecule has 0 unspecified atom stereocenters. The van der Waals surface area contributed by atoms with Crippen LogP contribution in [0.1, 0.15) is 23.1 Å². The number of carbonyl (C=O) groups is 1. The quantitative estimate of drug-likeness (QED) is 0.578. The lowest BCUT2D eigenvalue weighted by Crippen LogP contribution is -2.38. The van der Waals surface area contributed by atoms with Crippen molar-refractivity contribution in [1.82, 2.24) is 0 Å². The van der Waals surface area contributed by atoms with E-state index in [4.69, 9.17) is 4.74 Å². The largest absolute Gasteiger partial charge is 0.511 e. The van der Waals surface area contributed by atoms with Gasteiger partial charge < -0.3 is 9.84 Å². The second-order valence-electron chi connectivity index (χ2n) is 6.77. The molecule has 0 saturated heterocycles. The molecule has 0 amide bonds. The van der Waals surface area contributed by atoms with Gasteiger partial charge >= 0.3 is 5.97 Å². The normalized spacial score (nSPS) is 16.0. The lowest BCUT2D eigenvalue weighted by Gasteiger charge is -2.37. The molecule has 0 atom stereocenters. The van der Waals surface area contributed by atoms with E-state index in [1.807, 2.05) is 91.9 Å². The molecule has 3 aromatic rings. The number of carbonyl (C=O) groups excluding carboxylic acids is 1. The summed E-state index contributed by atoms with van der Waals surface area (Å²) >= 11 is 1.25. The van der Waals surface area contributed by atoms with E-state index in [1.165, 1.54) is 11.8 Å². The number of cyclic esters (lactones) is 1. The second kappa shape index (κ2) is 7.56. The van der Waals surface area contributed by atoms with Crippen LogP contribution in [0.3, 0.4) is 0 Å². The minimum absolute atomic E-state index is 0.0530. The summed E-state index contributed by atoms with van der Waals surface area (Å²) in [6, 6.07) is 26.9. The van der Waals surface area contributed by atoms with Crippen molar-refractivity contribution in [3.8, 4) is 0 Å². The average molecular weight is 388 g/mol. The number of rotatable bonds is 4. The first-order valence-corrected chi connectivity index (χ1v) is 9.92. The number of benzene rings is 3. The summed E-state index contributed by atoms with van der Waals surface area (Å²) in [5, 5.41) is 10.9. The fraction of sp³-hybridized carbons (Fsp3) is 0.125. The van der Waals surface area contributed by atoms with Crippen LogP contribution in [0.5, 0.6) is 0 Å². The molecule has 0 fully saturated rings. The zero-order chi connectivity index (χ0) is 19.6. The topological polar surface area (TPSA) is 46.5 Å². The second-order valence-corrected chi connectivity index (χ2v) is 7.82. The van der Waals surface area contributed by atoms with Gasteiger partial charge in [-0.15, -0.1) is 0 Å². The van der Waals surface area contributed by atoms with Crippen molar-refractivity contribution in [3.05, 3.63) is 112 Å². The Morgan fingerprint density at radius 1 is 0.857 bits per heavy atom. The molecule has 28 heavy (non-hydrogen) atoms. The highest BCUT2D eigenvalue weighted by molar-refractivity contribution is 8.04. The average Bonchev–Trinajstić information content (AvgIpc) is 2.73. The predicted molar refractivity (Wildman–Crippen MR) is 111 cm³/mol. The summed E-state index contributed by atoms with van der Waals surface area (Å²) in [6.45, 7) is 1.98. The SMILES string of the molecule is Cc1ccccc1SC1=C(O)CC(c2ccccc2)(c2ccccc2)OC1=O. The molecule has 0 aliphatic carbocycles. The van der Waals surface area contributed by atoms with Crippen molar-refractivity contribution >= 4 is 17.7 Å². The number of aryl methyl sites for hydroxylation is 1. The van der Waals surface area contributed by atoms with Crippen LogP contribution in [-0.4, -0.2) is 11.1 Å². The van der Waals surface area contributed by atoms with Gasteiger partial charge in [-0.05, 0) is 18.6 Å². The van der Waals surface area contributed by atoms with Crippen LogP contribution in [0.25, 0.3) is 0 Å². The molecule has 3 aromatic carbocycles. The van der Waals surface area contributed by atoms with Gasteiger partial charge in [0.2, 0.25) is 0 Å². The van der Waals surface area contributed by atoms with Crippen LogP contribution < -0.4 is 0 Å². The lowest BCUT2D eigenvalue weighted by molar-refractivity contribution is -0.154. The van der Waals surface area contributed by atoms with Crippen LogP contribution in [0.4, 0.5) is 0 Å². The first-order valence-electron chi connectivity index (χ1n) is 9.10. The van der Waals surface area contributed by atoms with Crippen LogP contribution in [0.2, 0.25) is 0 Å². The monoisotopic (exact) mass is 388 g/mol. The highest BCUT2D eigenvalue weighted by Crippen LogP contribution is 2.46. The van der Waals surface area contributed by atoms with E-state index in [0.717, 1.165) is 21.6 Å². The minimum Gasteiger partial charge on any atom is -0.511 e. The summed E-state index contributed by atoms with van der Waals surface area (Å²) in [7, 11) is 0. The van der Waals surface area contributed by atoms with Gasteiger partial charge in [-0.3, -0.25) is 0 Å². The number of hydrogen-bond donors (Lipinski definition) is 1. The number of aliphatic hydroxyl groups is 1. The molecule has 1 aliphatic rings. The Kier molecular flexibility index (Phi) is 4.97. The molecule has 0 aromatic heterocycles. The smallest absolute Gasteiger partial charge is 0.349 e. The van der Waals surface area contributed by atoms with Gasteiger partial charge in [0, 0.05) is 16.0 Å². The number of hydrogen-bond acceptors (Lipinski definition) is 4. The maximum atomic E-state index is 13.0. The molecule has 1 N–H and O–H groups in total. The lowest BCUT2D eigenvalue weighted by atomic mass is 9.81. The first kappa shape index (κ1) is 18.4. The van der Waals surface area contributed by atoms with Crippen molar-refractivity contribution < 1.29 is 14.6 Å². The molecule has 3 nitrogen and oxygen atoms in total. The van der Waals surface area contributed by atoms with Crippen LogP contribution in [0.15, 0.2) is 100 Å². The van der Waals surface area contributed by atoms with Crippen LogP contribution in [-0.2, 0) is 15.1 Å². The van der Waals surface area contributed by atoms with E-state index in [-0.39, 0.29) is 17.1 Å². The van der Waals surface area contributed by atoms with E-state index in [0.29, 0.717) is 0 Å². The van der Waals surface area contributed by atoms with E-state index in [2.05, 4.69) is 0 Å². The van der Waals surface area contributed by atoms with Crippen LogP contribution >= 0.6 is 11.8 Å². The number of ether oxygens (including phenoxy) is 1. The van der Waals surface area contributed by atoms with Gasteiger partial charge in [-0.1, -0.05) is 90.6 Å². The fourth-order valence-corrected chi connectivity index (χ4v) is 4.37. The third-order valence-corrected chi connectivity index (χ3v) is 6.20. The molecule has 0 saturated carbocycles. The molecule has 0 spiro atoms. The van der Waals surface area contributed by atoms with E-state index < -0.39 is 11.6 Å². The first-order chi connectivity index (χ1) is 13.6. The van der Waals surface area contributed by atoms with Crippen molar-refractivity contribution in [3.63, 3.8) is 0 Å². The fourth-order valence-electron chi connectivity index (χ4n) is 3.46. The Labute approximate surface area is 168 Å². The Balaban J connectivity index is 1.79. The molecular formula is C24H20O3S. The zero-order valence-electron chi connectivity index (χ0n) is 15.5. The Hall–Kier alpha value is -2.98. The number of aliphatic hydroxyl groups excluding tert-OH is 1. The van der Waals surface area contributed by atoms with Crippen molar-refractivity contribution in [2.45, 2.75) is 23.8 Å². The standard InChI is InChI=1S/C24H20O3S/c1-17-10-8-9-15-21(17)28-22-20(25)16-24(27-23(22)26,18-11-4-2-5-12-18)19-13-6-3-7-14-19/h2-15,25H,16H2,1H3. The van der Waals surface area contributed by atoms with E-state index in [9.17, 15) is 9.90 Å². The number of thioether (sulfide) groups is 1. The van der Waals surface area contributed by atoms with E-state index >= 15 is 0 Å². The molecule has 4 heteroatoms. The van der Waals surface area contributed by atoms with Crippen molar-refractivity contribution in [1.29, 1.82) is 0 Å². The van der Waals surface area contributed by atoms with Crippen molar-refractivity contribution in [2.75, 3.05) is 0 Å². The Morgan fingerprint density at radius 2 is 1.39 bits per heavy atom.